The van der Waals surface area contributed by atoms with E-state index in [0.717, 1.165) is 41.4 Å². The van der Waals surface area contributed by atoms with E-state index >= 15 is 0 Å². The molecule has 22 heavy (non-hydrogen) atoms. The van der Waals surface area contributed by atoms with Gasteiger partial charge in [0.05, 0.1) is 0 Å². The number of aromatic amines is 1. The summed E-state index contributed by atoms with van der Waals surface area (Å²) in [6.45, 7) is 0. The van der Waals surface area contributed by atoms with Gasteiger partial charge in [-0.15, -0.1) is 17.5 Å². The summed E-state index contributed by atoms with van der Waals surface area (Å²) in [4.78, 5) is 11.0. The van der Waals surface area contributed by atoms with Gasteiger partial charge < -0.3 is 15.5 Å². The Labute approximate surface area is 142 Å². The highest BCUT2D eigenvalue weighted by atomic mass is 79.9. The first kappa shape index (κ1) is 17.1. The number of H-pyrrole nitrogens is 1. The average Bonchev–Trinajstić information content (AvgIpc) is 2.90. The fourth-order valence-electron chi connectivity index (χ4n) is 2.61. The van der Waals surface area contributed by atoms with Crippen LogP contribution in [0.5, 0.6) is 0 Å². The van der Waals surface area contributed by atoms with Gasteiger partial charge in [-0.2, -0.15) is 0 Å². The van der Waals surface area contributed by atoms with Crippen molar-refractivity contribution >= 4 is 34.0 Å². The molecule has 0 atom stereocenters. The van der Waals surface area contributed by atoms with Crippen LogP contribution in [-0.2, 0) is 0 Å². The second-order valence-corrected chi connectivity index (χ2v) is 6.22. The smallest absolute Gasteiger partial charge is 0.388 e. The predicted molar refractivity (Wildman–Crippen MR) is 91.4 cm³/mol. The summed E-state index contributed by atoms with van der Waals surface area (Å²) in [5.74, 6) is -0.259. The van der Waals surface area contributed by atoms with Gasteiger partial charge in [0.25, 0.3) is 0 Å². The summed E-state index contributed by atoms with van der Waals surface area (Å²) in [5.41, 5.74) is 7.66. The molecule has 3 rings (SSSR count). The third-order valence-electron chi connectivity index (χ3n) is 3.78. The van der Waals surface area contributed by atoms with E-state index in [0.29, 0.717) is 18.0 Å². The van der Waals surface area contributed by atoms with Gasteiger partial charge in [-0.25, -0.2) is 9.89 Å². The maximum Gasteiger partial charge on any atom is 0.434 e. The molecule has 1 heterocycles. The summed E-state index contributed by atoms with van der Waals surface area (Å²) in [5, 5.41) is 9.65. The summed E-state index contributed by atoms with van der Waals surface area (Å²) in [7, 11) is 0. The molecule has 0 saturated heterocycles. The number of anilines is 1. The van der Waals surface area contributed by atoms with Crippen molar-refractivity contribution in [3.63, 3.8) is 0 Å². The van der Waals surface area contributed by atoms with Crippen LogP contribution in [0.4, 0.5) is 5.69 Å². The topological polar surface area (TPSA) is 96.9 Å². The van der Waals surface area contributed by atoms with Crippen molar-refractivity contribution in [2.24, 2.45) is 5.73 Å². The zero-order chi connectivity index (χ0) is 14.8. The van der Waals surface area contributed by atoms with Gasteiger partial charge in [0.15, 0.2) is 0 Å². The van der Waals surface area contributed by atoms with Crippen molar-refractivity contribution in [3.05, 3.63) is 33.2 Å². The van der Waals surface area contributed by atoms with Gasteiger partial charge >= 0.3 is 5.76 Å². The molecule has 1 aliphatic carbocycles. The van der Waals surface area contributed by atoms with Crippen molar-refractivity contribution in [3.8, 4) is 11.5 Å². The lowest BCUT2D eigenvalue weighted by Gasteiger charge is -2.28. The second kappa shape index (κ2) is 7.30. The van der Waals surface area contributed by atoms with Crippen molar-refractivity contribution < 1.29 is 4.42 Å². The molecule has 0 radical (unpaired) electrons. The molecule has 2 aromatic rings. The number of nitrogens with zero attached hydrogens (tertiary/aromatic N) is 1. The first-order valence-electron chi connectivity index (χ1n) is 6.99. The first-order valence-corrected chi connectivity index (χ1v) is 7.78. The van der Waals surface area contributed by atoms with E-state index in [1.54, 1.807) is 0 Å². The van der Waals surface area contributed by atoms with E-state index in [4.69, 9.17) is 10.2 Å². The number of hydrogen-bond donors (Lipinski definition) is 3. The molecular weight excluding hydrogens is 372 g/mol. The molecule has 0 aliphatic heterocycles. The highest BCUT2D eigenvalue weighted by Crippen LogP contribution is 2.30. The van der Waals surface area contributed by atoms with Crippen LogP contribution in [0.1, 0.15) is 25.7 Å². The zero-order valence-electron chi connectivity index (χ0n) is 11.8. The van der Waals surface area contributed by atoms with Crippen LogP contribution in [0.25, 0.3) is 11.5 Å². The number of nitrogens with one attached hydrogen (secondary N) is 2. The molecule has 120 valence electrons. The molecule has 0 bridgehead atoms. The third-order valence-corrected chi connectivity index (χ3v) is 4.47. The SMILES string of the molecule is Cl.N[C@H]1CC[C@H](Nc2cc(-c3n[nH]c(=O)o3)ccc2Br)CC1. The fraction of sp³-hybridized carbons (Fsp3) is 0.429. The minimum atomic E-state index is -0.552. The minimum absolute atomic E-state index is 0. The monoisotopic (exact) mass is 388 g/mol. The molecule has 1 aromatic heterocycles. The zero-order valence-corrected chi connectivity index (χ0v) is 14.2. The summed E-state index contributed by atoms with van der Waals surface area (Å²) in [6, 6.07) is 6.45. The lowest BCUT2D eigenvalue weighted by Crippen LogP contribution is -2.32. The Bertz CT molecular complexity index is 679. The molecule has 4 N–H and O–H groups in total. The van der Waals surface area contributed by atoms with Gasteiger partial charge in [0, 0.05) is 27.8 Å². The Kier molecular flexibility index (Phi) is 5.66. The molecule has 0 amide bonds. The maximum absolute atomic E-state index is 11.0. The Morgan fingerprint density at radius 3 is 2.68 bits per heavy atom. The molecule has 1 aliphatic rings. The molecule has 1 saturated carbocycles. The van der Waals surface area contributed by atoms with Crippen LogP contribution in [0.2, 0.25) is 0 Å². The number of benzene rings is 1. The van der Waals surface area contributed by atoms with E-state index in [1.807, 2.05) is 18.2 Å². The maximum atomic E-state index is 11.0. The van der Waals surface area contributed by atoms with Crippen LogP contribution < -0.4 is 16.8 Å². The number of halogens is 2. The summed E-state index contributed by atoms with van der Waals surface area (Å²) < 4.78 is 5.96. The van der Waals surface area contributed by atoms with Gasteiger partial charge in [-0.3, -0.25) is 0 Å². The van der Waals surface area contributed by atoms with E-state index in [9.17, 15) is 4.79 Å². The van der Waals surface area contributed by atoms with E-state index in [-0.39, 0.29) is 12.4 Å². The van der Waals surface area contributed by atoms with Crippen LogP contribution in [0.15, 0.2) is 31.9 Å². The molecule has 0 spiro atoms. The average molecular weight is 390 g/mol. The minimum Gasteiger partial charge on any atom is -0.388 e. The standard InChI is InChI=1S/C14H17BrN4O2.ClH/c15-11-6-1-8(13-18-19-14(20)21-13)7-12(11)17-10-4-2-9(16)3-5-10;/h1,6-7,9-10,17H,2-5,16H2,(H,19,20);1H/t9-,10-;. The highest BCUT2D eigenvalue weighted by Gasteiger charge is 2.19. The lowest BCUT2D eigenvalue weighted by atomic mass is 9.91. The molecule has 1 fully saturated rings. The molecular formula is C14H18BrClN4O2. The molecule has 1 aromatic carbocycles. The lowest BCUT2D eigenvalue weighted by molar-refractivity contribution is 0.411. The predicted octanol–water partition coefficient (Wildman–Crippen LogP) is 2.90. The van der Waals surface area contributed by atoms with Crippen molar-refractivity contribution in [2.45, 2.75) is 37.8 Å². The molecule has 8 heteroatoms. The quantitative estimate of drug-likeness (QED) is 0.750. The van der Waals surface area contributed by atoms with Crippen LogP contribution in [0.3, 0.4) is 0 Å². The fourth-order valence-corrected chi connectivity index (χ4v) is 2.97. The van der Waals surface area contributed by atoms with Crippen molar-refractivity contribution in [1.29, 1.82) is 0 Å². The van der Waals surface area contributed by atoms with Crippen LogP contribution >= 0.6 is 28.3 Å². The number of rotatable bonds is 3. The van der Waals surface area contributed by atoms with Gasteiger partial charge in [0.2, 0.25) is 5.89 Å². The van der Waals surface area contributed by atoms with Gasteiger partial charge in [0.1, 0.15) is 0 Å². The van der Waals surface area contributed by atoms with Crippen molar-refractivity contribution in [2.75, 3.05) is 5.32 Å². The van der Waals surface area contributed by atoms with Gasteiger partial charge in [-0.1, -0.05) is 0 Å². The Morgan fingerprint density at radius 1 is 1.32 bits per heavy atom. The van der Waals surface area contributed by atoms with E-state index < -0.39 is 5.76 Å². The summed E-state index contributed by atoms with van der Waals surface area (Å²) >= 11 is 3.54. The number of aromatic nitrogens is 2. The van der Waals surface area contributed by atoms with Crippen molar-refractivity contribution in [1.82, 2.24) is 10.2 Å². The Balaban J connectivity index is 0.00000176. The van der Waals surface area contributed by atoms with Crippen LogP contribution in [-0.4, -0.2) is 22.3 Å². The third kappa shape index (κ3) is 3.91. The number of hydrogen-bond acceptors (Lipinski definition) is 5. The highest BCUT2D eigenvalue weighted by molar-refractivity contribution is 9.10. The van der Waals surface area contributed by atoms with E-state index in [1.165, 1.54) is 0 Å². The molecule has 0 unspecified atom stereocenters. The van der Waals surface area contributed by atoms with E-state index in [2.05, 4.69) is 31.4 Å². The Morgan fingerprint density at radius 2 is 2.05 bits per heavy atom. The summed E-state index contributed by atoms with van der Waals surface area (Å²) in [6.07, 6.45) is 4.22. The van der Waals surface area contributed by atoms with Crippen LogP contribution in [0, 0.1) is 0 Å². The number of nitrogens with two attached hydrogens (primary N) is 1. The normalized spacial score (nSPS) is 21.2. The molecule has 6 nitrogen and oxygen atoms in total. The second-order valence-electron chi connectivity index (χ2n) is 5.37. The Hall–Kier alpha value is -1.31. The first-order chi connectivity index (χ1) is 10.1. The van der Waals surface area contributed by atoms with Gasteiger partial charge in [-0.05, 0) is 59.8 Å². The largest absolute Gasteiger partial charge is 0.434 e.